The molecule has 0 atom stereocenters. The molecule has 3 aromatic rings. The lowest BCUT2D eigenvalue weighted by molar-refractivity contribution is 0.102. The van der Waals surface area contributed by atoms with Gasteiger partial charge in [-0.05, 0) is 61.1 Å². The minimum atomic E-state index is -0.375. The highest BCUT2D eigenvalue weighted by atomic mass is 35.5. The van der Waals surface area contributed by atoms with E-state index in [-0.39, 0.29) is 11.6 Å². The van der Waals surface area contributed by atoms with Crippen LogP contribution in [0.2, 0.25) is 10.0 Å². The lowest BCUT2D eigenvalue weighted by Gasteiger charge is -2.32. The Labute approximate surface area is 186 Å². The third-order valence-corrected chi connectivity index (χ3v) is 5.93. The number of hydrogen-bond donors (Lipinski definition) is 1. The molecule has 0 bridgehead atoms. The predicted molar refractivity (Wildman–Crippen MR) is 122 cm³/mol. The monoisotopic (exact) mass is 440 g/mol. The van der Waals surface area contributed by atoms with Crippen LogP contribution in [-0.2, 0) is 6.42 Å². The van der Waals surface area contributed by atoms with Crippen LogP contribution in [0.4, 0.5) is 11.5 Å². The van der Waals surface area contributed by atoms with Crippen molar-refractivity contribution in [2.75, 3.05) is 23.3 Å². The fourth-order valence-electron chi connectivity index (χ4n) is 3.71. The number of aromatic nitrogens is 2. The second-order valence-electron chi connectivity index (χ2n) is 7.48. The Bertz CT molecular complexity index is 1000. The molecule has 0 aliphatic carbocycles. The van der Waals surface area contributed by atoms with E-state index in [1.807, 2.05) is 6.07 Å². The summed E-state index contributed by atoms with van der Waals surface area (Å²) < 4.78 is 0. The first-order valence-corrected chi connectivity index (χ1v) is 10.7. The molecule has 7 heteroatoms. The van der Waals surface area contributed by atoms with E-state index in [0.29, 0.717) is 21.7 Å². The van der Waals surface area contributed by atoms with Gasteiger partial charge in [0, 0.05) is 18.1 Å². The lowest BCUT2D eigenvalue weighted by atomic mass is 9.90. The van der Waals surface area contributed by atoms with E-state index in [0.717, 1.165) is 38.2 Å². The van der Waals surface area contributed by atoms with Crippen LogP contribution in [-0.4, -0.2) is 29.2 Å². The van der Waals surface area contributed by atoms with Gasteiger partial charge in [0.25, 0.3) is 5.91 Å². The molecule has 0 spiro atoms. The van der Waals surface area contributed by atoms with Crippen molar-refractivity contribution in [2.45, 2.75) is 19.3 Å². The van der Waals surface area contributed by atoms with Gasteiger partial charge in [0.05, 0.1) is 10.7 Å². The van der Waals surface area contributed by atoms with Crippen molar-refractivity contribution < 1.29 is 4.79 Å². The SMILES string of the molecule is O=C(Nc1cc(Cl)ccc1Cl)c1ccc(N2CCC(Cc3ccccc3)CC2)nn1. The molecule has 2 heterocycles. The molecule has 1 N–H and O–H groups in total. The third-order valence-electron chi connectivity index (χ3n) is 5.37. The minimum absolute atomic E-state index is 0.230. The zero-order valence-corrected chi connectivity index (χ0v) is 17.9. The largest absolute Gasteiger partial charge is 0.355 e. The molecule has 1 aromatic heterocycles. The highest BCUT2D eigenvalue weighted by Gasteiger charge is 2.21. The maximum Gasteiger partial charge on any atom is 0.276 e. The summed E-state index contributed by atoms with van der Waals surface area (Å²) in [6.45, 7) is 1.88. The molecule has 30 heavy (non-hydrogen) atoms. The summed E-state index contributed by atoms with van der Waals surface area (Å²) in [5.74, 6) is 1.11. The van der Waals surface area contributed by atoms with Crippen molar-refractivity contribution in [1.29, 1.82) is 0 Å². The second-order valence-corrected chi connectivity index (χ2v) is 8.32. The van der Waals surface area contributed by atoms with Crippen molar-refractivity contribution in [1.82, 2.24) is 10.2 Å². The first kappa shape index (κ1) is 20.6. The summed E-state index contributed by atoms with van der Waals surface area (Å²) in [4.78, 5) is 14.7. The van der Waals surface area contributed by atoms with Crippen LogP contribution in [0.15, 0.2) is 60.7 Å². The zero-order valence-electron chi connectivity index (χ0n) is 16.4. The molecule has 1 fully saturated rings. The summed E-state index contributed by atoms with van der Waals surface area (Å²) in [5, 5.41) is 12.0. The number of anilines is 2. The molecular formula is C23H22Cl2N4O. The van der Waals surface area contributed by atoms with E-state index in [1.165, 1.54) is 5.56 Å². The van der Waals surface area contributed by atoms with Gasteiger partial charge in [0.15, 0.2) is 11.5 Å². The number of nitrogens with zero attached hydrogens (tertiary/aromatic N) is 3. The highest BCUT2D eigenvalue weighted by molar-refractivity contribution is 6.35. The van der Waals surface area contributed by atoms with E-state index >= 15 is 0 Å². The van der Waals surface area contributed by atoms with Crippen molar-refractivity contribution in [2.24, 2.45) is 5.92 Å². The maximum absolute atomic E-state index is 12.5. The normalized spacial score (nSPS) is 14.5. The van der Waals surface area contributed by atoms with E-state index in [1.54, 1.807) is 24.3 Å². The minimum Gasteiger partial charge on any atom is -0.355 e. The van der Waals surface area contributed by atoms with Gasteiger partial charge >= 0.3 is 0 Å². The van der Waals surface area contributed by atoms with Crippen LogP contribution in [0.25, 0.3) is 0 Å². The molecule has 0 unspecified atom stereocenters. The van der Waals surface area contributed by atoms with Crippen LogP contribution < -0.4 is 10.2 Å². The summed E-state index contributed by atoms with van der Waals surface area (Å²) in [6, 6.07) is 19.1. The Morgan fingerprint density at radius 3 is 2.47 bits per heavy atom. The highest BCUT2D eigenvalue weighted by Crippen LogP contribution is 2.26. The Hall–Kier alpha value is -2.63. The molecule has 1 saturated heterocycles. The number of piperidine rings is 1. The number of carbonyl (C=O) groups excluding carboxylic acids is 1. The summed E-state index contributed by atoms with van der Waals surface area (Å²) in [6.07, 6.45) is 3.35. The van der Waals surface area contributed by atoms with Gasteiger partial charge in [-0.25, -0.2) is 0 Å². The van der Waals surface area contributed by atoms with E-state index in [2.05, 4.69) is 50.7 Å². The summed E-state index contributed by atoms with van der Waals surface area (Å²) in [5.41, 5.74) is 2.07. The average Bonchev–Trinajstić information content (AvgIpc) is 2.78. The molecule has 1 amide bonds. The molecule has 1 aliphatic rings. The third kappa shape index (κ3) is 5.10. The van der Waals surface area contributed by atoms with Gasteiger partial charge in [-0.15, -0.1) is 10.2 Å². The molecular weight excluding hydrogens is 419 g/mol. The van der Waals surface area contributed by atoms with Gasteiger partial charge < -0.3 is 10.2 Å². The summed E-state index contributed by atoms with van der Waals surface area (Å²) in [7, 11) is 0. The fraction of sp³-hybridized carbons (Fsp3) is 0.261. The van der Waals surface area contributed by atoms with Crippen LogP contribution in [0.5, 0.6) is 0 Å². The van der Waals surface area contributed by atoms with Gasteiger partial charge in [-0.1, -0.05) is 53.5 Å². The number of amides is 1. The fourth-order valence-corrected chi connectivity index (χ4v) is 4.05. The van der Waals surface area contributed by atoms with E-state index < -0.39 is 0 Å². The van der Waals surface area contributed by atoms with Crippen molar-refractivity contribution >= 4 is 40.6 Å². The van der Waals surface area contributed by atoms with Crippen LogP contribution in [0.1, 0.15) is 28.9 Å². The Morgan fingerprint density at radius 1 is 1.00 bits per heavy atom. The smallest absolute Gasteiger partial charge is 0.276 e. The van der Waals surface area contributed by atoms with Crippen molar-refractivity contribution in [3.05, 3.63) is 82.0 Å². The van der Waals surface area contributed by atoms with Gasteiger partial charge in [0.1, 0.15) is 0 Å². The average molecular weight is 441 g/mol. The summed E-state index contributed by atoms with van der Waals surface area (Å²) >= 11 is 12.1. The van der Waals surface area contributed by atoms with Crippen molar-refractivity contribution in [3.8, 4) is 0 Å². The van der Waals surface area contributed by atoms with E-state index in [9.17, 15) is 4.79 Å². The number of carbonyl (C=O) groups is 1. The quantitative estimate of drug-likeness (QED) is 0.569. The Morgan fingerprint density at radius 2 is 1.77 bits per heavy atom. The first-order valence-electron chi connectivity index (χ1n) is 9.97. The Kier molecular flexibility index (Phi) is 6.50. The molecule has 2 aromatic carbocycles. The number of nitrogens with one attached hydrogen (secondary N) is 1. The molecule has 0 radical (unpaired) electrons. The molecule has 4 rings (SSSR count). The Balaban J connectivity index is 1.33. The lowest BCUT2D eigenvalue weighted by Crippen LogP contribution is -2.35. The maximum atomic E-state index is 12.5. The van der Waals surface area contributed by atoms with Gasteiger partial charge in [0.2, 0.25) is 0 Å². The van der Waals surface area contributed by atoms with Crippen molar-refractivity contribution in [3.63, 3.8) is 0 Å². The number of benzene rings is 2. The number of hydrogen-bond acceptors (Lipinski definition) is 4. The van der Waals surface area contributed by atoms with Crippen LogP contribution in [0.3, 0.4) is 0 Å². The van der Waals surface area contributed by atoms with Crippen LogP contribution >= 0.6 is 23.2 Å². The number of halogens is 2. The molecule has 1 aliphatic heterocycles. The first-order chi connectivity index (χ1) is 14.6. The molecule has 154 valence electrons. The zero-order chi connectivity index (χ0) is 20.9. The standard InChI is InChI=1S/C23H22Cl2N4O/c24-18-6-7-19(25)21(15-18)26-23(30)20-8-9-22(28-27-20)29-12-10-17(11-13-29)14-16-4-2-1-3-5-16/h1-9,15,17H,10-14H2,(H,26,30). The predicted octanol–water partition coefficient (Wildman–Crippen LogP) is 5.49. The number of rotatable bonds is 5. The topological polar surface area (TPSA) is 58.1 Å². The molecule has 5 nitrogen and oxygen atoms in total. The van der Waals surface area contributed by atoms with Crippen LogP contribution in [0, 0.1) is 5.92 Å². The second kappa shape index (κ2) is 9.45. The molecule has 0 saturated carbocycles. The van der Waals surface area contributed by atoms with E-state index in [4.69, 9.17) is 23.2 Å². The van der Waals surface area contributed by atoms with Gasteiger partial charge in [-0.2, -0.15) is 0 Å². The van der Waals surface area contributed by atoms with Gasteiger partial charge in [-0.3, -0.25) is 4.79 Å².